The lowest BCUT2D eigenvalue weighted by Gasteiger charge is -2.05. The van der Waals surface area contributed by atoms with E-state index < -0.39 is 4.92 Å². The van der Waals surface area contributed by atoms with E-state index in [1.165, 1.54) is 13.2 Å². The first-order chi connectivity index (χ1) is 6.56. The maximum Gasteiger partial charge on any atom is 0.278 e. The monoisotopic (exact) mass is 323 g/mol. The minimum absolute atomic E-state index is 0.0306. The highest BCUT2D eigenvalue weighted by atomic mass is 79.9. The van der Waals surface area contributed by atoms with Crippen LogP contribution in [-0.2, 0) is 0 Å². The van der Waals surface area contributed by atoms with Gasteiger partial charge in [0.05, 0.1) is 23.7 Å². The number of nitro benzene ring substituents is 1. The summed E-state index contributed by atoms with van der Waals surface area (Å²) in [6, 6.07) is 4.72. The van der Waals surface area contributed by atoms with Crippen molar-refractivity contribution in [3.63, 3.8) is 0 Å². The molecule has 0 spiro atoms. The first-order valence-corrected chi connectivity index (χ1v) is 5.50. The van der Waals surface area contributed by atoms with E-state index in [0.717, 1.165) is 0 Å². The number of halogens is 2. The van der Waals surface area contributed by atoms with Gasteiger partial charge in [-0.05, 0) is 12.1 Å². The molecule has 76 valence electrons. The molecule has 0 saturated heterocycles. The summed E-state index contributed by atoms with van der Waals surface area (Å²) in [5.41, 5.74) is 0.596. The molecule has 0 radical (unpaired) electrons. The van der Waals surface area contributed by atoms with E-state index in [-0.39, 0.29) is 9.42 Å². The smallest absolute Gasteiger partial charge is 0.278 e. The fourth-order valence-electron chi connectivity index (χ4n) is 0.993. The van der Waals surface area contributed by atoms with Crippen LogP contribution in [0.4, 0.5) is 5.69 Å². The van der Waals surface area contributed by atoms with Gasteiger partial charge < -0.3 is 4.74 Å². The molecule has 0 aliphatic heterocycles. The Labute approximate surface area is 97.7 Å². The first-order valence-electron chi connectivity index (χ1n) is 3.66. The zero-order valence-corrected chi connectivity index (χ0v) is 10.4. The van der Waals surface area contributed by atoms with Crippen LogP contribution < -0.4 is 4.74 Å². The molecule has 0 unspecified atom stereocenters. The van der Waals surface area contributed by atoms with Gasteiger partial charge in [-0.25, -0.2) is 0 Å². The van der Waals surface area contributed by atoms with Crippen molar-refractivity contribution in [2.24, 2.45) is 0 Å². The maximum absolute atomic E-state index is 10.7. The molecule has 1 rings (SSSR count). The Bertz CT molecular complexity index is 354. The van der Waals surface area contributed by atoms with Crippen LogP contribution >= 0.6 is 31.9 Å². The molecule has 14 heavy (non-hydrogen) atoms. The Morgan fingerprint density at radius 2 is 2.14 bits per heavy atom. The fourth-order valence-corrected chi connectivity index (χ4v) is 1.77. The quantitative estimate of drug-likeness (QED) is 0.486. The van der Waals surface area contributed by atoms with E-state index in [0.29, 0.717) is 11.3 Å². The summed E-state index contributed by atoms with van der Waals surface area (Å²) in [4.78, 5) is 10.3. The van der Waals surface area contributed by atoms with Crippen molar-refractivity contribution in [2.75, 3.05) is 7.11 Å². The van der Waals surface area contributed by atoms with Gasteiger partial charge >= 0.3 is 0 Å². The second-order valence-corrected chi connectivity index (χ2v) is 5.54. The molecular formula is C8H7Br2NO3. The zero-order chi connectivity index (χ0) is 10.7. The summed E-state index contributed by atoms with van der Waals surface area (Å²) < 4.78 is 4.67. The van der Waals surface area contributed by atoms with Crippen molar-refractivity contribution in [3.8, 4) is 5.75 Å². The second kappa shape index (κ2) is 4.75. The maximum atomic E-state index is 10.7. The van der Waals surface area contributed by atoms with Gasteiger partial charge in [-0.15, -0.1) is 0 Å². The molecule has 0 bridgehead atoms. The van der Waals surface area contributed by atoms with Crippen molar-refractivity contribution >= 4 is 37.5 Å². The highest BCUT2D eigenvalue weighted by Crippen LogP contribution is 2.37. The van der Waals surface area contributed by atoms with Gasteiger partial charge in [-0.2, -0.15) is 0 Å². The Balaban J connectivity index is 3.24. The molecule has 0 fully saturated rings. The molecule has 0 aromatic heterocycles. The zero-order valence-electron chi connectivity index (χ0n) is 7.24. The van der Waals surface area contributed by atoms with Gasteiger partial charge in [-0.3, -0.25) is 10.1 Å². The Morgan fingerprint density at radius 1 is 1.50 bits per heavy atom. The van der Waals surface area contributed by atoms with E-state index >= 15 is 0 Å². The standard InChI is InChI=1S/C8H7Br2NO3/c1-14-5-2-3-6(8(9)10)7(4-5)11(12)13/h2-4,8H,1H3. The van der Waals surface area contributed by atoms with Gasteiger partial charge in [0, 0.05) is 0 Å². The minimum Gasteiger partial charge on any atom is -0.497 e. The van der Waals surface area contributed by atoms with Crippen LogP contribution in [-0.4, -0.2) is 12.0 Å². The second-order valence-electron chi connectivity index (χ2n) is 2.48. The first kappa shape index (κ1) is 11.5. The molecule has 6 heteroatoms. The molecule has 0 atom stereocenters. The number of hydrogen-bond acceptors (Lipinski definition) is 3. The summed E-state index contributed by atoms with van der Waals surface area (Å²) in [5.74, 6) is 0.473. The normalized spacial score (nSPS) is 10.3. The number of nitro groups is 1. The molecular weight excluding hydrogens is 318 g/mol. The van der Waals surface area contributed by atoms with Gasteiger partial charge in [0.25, 0.3) is 5.69 Å². The third kappa shape index (κ3) is 2.45. The summed E-state index contributed by atoms with van der Waals surface area (Å²) in [6.07, 6.45) is 0. The van der Waals surface area contributed by atoms with Crippen LogP contribution in [0, 0.1) is 10.1 Å². The molecule has 0 aliphatic carbocycles. The van der Waals surface area contributed by atoms with Crippen LogP contribution in [0.25, 0.3) is 0 Å². The van der Waals surface area contributed by atoms with Gasteiger partial charge in [0.2, 0.25) is 0 Å². The minimum atomic E-state index is -0.437. The summed E-state index contributed by atoms with van der Waals surface area (Å²) >= 11 is 6.44. The lowest BCUT2D eigenvalue weighted by atomic mass is 10.2. The van der Waals surface area contributed by atoms with Gasteiger partial charge in [0.15, 0.2) is 0 Å². The number of alkyl halides is 2. The van der Waals surface area contributed by atoms with Crippen molar-refractivity contribution < 1.29 is 9.66 Å². The van der Waals surface area contributed by atoms with E-state index in [9.17, 15) is 10.1 Å². The van der Waals surface area contributed by atoms with Crippen LogP contribution in [0.15, 0.2) is 18.2 Å². The largest absolute Gasteiger partial charge is 0.497 e. The summed E-state index contributed by atoms with van der Waals surface area (Å²) in [7, 11) is 1.47. The number of methoxy groups -OCH3 is 1. The summed E-state index contributed by atoms with van der Waals surface area (Å²) in [6.45, 7) is 0. The van der Waals surface area contributed by atoms with Crippen molar-refractivity contribution in [2.45, 2.75) is 3.74 Å². The van der Waals surface area contributed by atoms with Crippen molar-refractivity contribution in [3.05, 3.63) is 33.9 Å². The van der Waals surface area contributed by atoms with Gasteiger partial charge in [-0.1, -0.05) is 31.9 Å². The van der Waals surface area contributed by atoms with E-state index in [4.69, 9.17) is 4.74 Å². The number of ether oxygens (including phenoxy) is 1. The lowest BCUT2D eigenvalue weighted by molar-refractivity contribution is -0.385. The van der Waals surface area contributed by atoms with Crippen LogP contribution in [0.1, 0.15) is 9.30 Å². The molecule has 0 heterocycles. The topological polar surface area (TPSA) is 52.4 Å². The lowest BCUT2D eigenvalue weighted by Crippen LogP contribution is -1.95. The number of hydrogen-bond donors (Lipinski definition) is 0. The predicted molar refractivity (Wildman–Crippen MR) is 60.2 cm³/mol. The average molecular weight is 325 g/mol. The third-order valence-electron chi connectivity index (χ3n) is 1.67. The van der Waals surface area contributed by atoms with Crippen LogP contribution in [0.2, 0.25) is 0 Å². The average Bonchev–Trinajstić information content (AvgIpc) is 2.16. The molecule has 4 nitrogen and oxygen atoms in total. The third-order valence-corrected chi connectivity index (χ3v) is 2.66. The Morgan fingerprint density at radius 3 is 2.57 bits per heavy atom. The molecule has 0 amide bonds. The summed E-state index contributed by atoms with van der Waals surface area (Å²) in [5, 5.41) is 10.7. The Hall–Kier alpha value is -0.620. The molecule has 0 N–H and O–H groups in total. The number of nitrogens with zero attached hydrogens (tertiary/aromatic N) is 1. The molecule has 1 aromatic rings. The molecule has 1 aromatic carbocycles. The fraction of sp³-hybridized carbons (Fsp3) is 0.250. The number of benzene rings is 1. The van der Waals surface area contributed by atoms with Crippen LogP contribution in [0.5, 0.6) is 5.75 Å². The van der Waals surface area contributed by atoms with E-state index in [1.54, 1.807) is 12.1 Å². The van der Waals surface area contributed by atoms with Crippen LogP contribution in [0.3, 0.4) is 0 Å². The molecule has 0 saturated carbocycles. The predicted octanol–water partition coefficient (Wildman–Crippen LogP) is 3.39. The highest BCUT2D eigenvalue weighted by molar-refractivity contribution is 9.24. The van der Waals surface area contributed by atoms with Crippen molar-refractivity contribution in [1.29, 1.82) is 0 Å². The Kier molecular flexibility index (Phi) is 3.88. The highest BCUT2D eigenvalue weighted by Gasteiger charge is 2.18. The van der Waals surface area contributed by atoms with E-state index in [2.05, 4.69) is 31.9 Å². The SMILES string of the molecule is COc1ccc(C(Br)Br)c([N+](=O)[O-])c1. The van der Waals surface area contributed by atoms with Crippen molar-refractivity contribution in [1.82, 2.24) is 0 Å². The number of rotatable bonds is 3. The molecule has 0 aliphatic rings. The van der Waals surface area contributed by atoms with Gasteiger partial charge in [0.1, 0.15) is 9.49 Å². The van der Waals surface area contributed by atoms with E-state index in [1.807, 2.05) is 0 Å².